The maximum atomic E-state index is 13.1. The molecule has 1 atom stereocenters. The SMILES string of the molecule is CCCCCCCCCCOc1ccccc1CC(=O)NC(Cc1ccccc1)c1ccccc1. The molecule has 35 heavy (non-hydrogen) atoms. The highest BCUT2D eigenvalue weighted by Gasteiger charge is 2.17. The summed E-state index contributed by atoms with van der Waals surface area (Å²) in [6.45, 7) is 2.96. The van der Waals surface area contributed by atoms with Crippen molar-refractivity contribution in [1.82, 2.24) is 5.32 Å². The number of unbranched alkanes of at least 4 members (excludes halogenated alkanes) is 7. The predicted octanol–water partition coefficient (Wildman–Crippen LogP) is 7.85. The highest BCUT2D eigenvalue weighted by atomic mass is 16.5. The Balaban J connectivity index is 1.51. The molecular formula is C32H41NO2. The van der Waals surface area contributed by atoms with E-state index in [2.05, 4.69) is 36.5 Å². The highest BCUT2D eigenvalue weighted by molar-refractivity contribution is 5.79. The Morgan fingerprint density at radius 1 is 0.743 bits per heavy atom. The van der Waals surface area contributed by atoms with Crippen molar-refractivity contribution in [1.29, 1.82) is 0 Å². The van der Waals surface area contributed by atoms with Crippen LogP contribution in [0.4, 0.5) is 0 Å². The molecule has 3 heteroatoms. The van der Waals surface area contributed by atoms with E-state index in [4.69, 9.17) is 4.74 Å². The van der Waals surface area contributed by atoms with Crippen LogP contribution in [-0.4, -0.2) is 12.5 Å². The average Bonchev–Trinajstić information content (AvgIpc) is 2.89. The number of amides is 1. The van der Waals surface area contributed by atoms with Crippen LogP contribution in [0.15, 0.2) is 84.9 Å². The first-order valence-electron chi connectivity index (χ1n) is 13.3. The fourth-order valence-corrected chi connectivity index (χ4v) is 4.41. The number of benzene rings is 3. The summed E-state index contributed by atoms with van der Waals surface area (Å²) in [5.41, 5.74) is 3.26. The number of nitrogens with one attached hydrogen (secondary N) is 1. The van der Waals surface area contributed by atoms with Crippen LogP contribution < -0.4 is 10.1 Å². The van der Waals surface area contributed by atoms with Crippen LogP contribution in [0.2, 0.25) is 0 Å². The van der Waals surface area contributed by atoms with Crippen molar-refractivity contribution in [2.45, 2.75) is 77.2 Å². The number of para-hydroxylation sites is 1. The van der Waals surface area contributed by atoms with Gasteiger partial charge in [-0.05, 0) is 30.0 Å². The molecule has 0 fully saturated rings. The van der Waals surface area contributed by atoms with Crippen molar-refractivity contribution in [3.8, 4) is 5.75 Å². The maximum absolute atomic E-state index is 13.1. The minimum Gasteiger partial charge on any atom is -0.493 e. The molecule has 3 aromatic rings. The number of hydrogen-bond acceptors (Lipinski definition) is 2. The Morgan fingerprint density at radius 2 is 1.34 bits per heavy atom. The maximum Gasteiger partial charge on any atom is 0.225 e. The summed E-state index contributed by atoms with van der Waals surface area (Å²) in [6, 6.07) is 28.4. The molecular weight excluding hydrogens is 430 g/mol. The van der Waals surface area contributed by atoms with Crippen molar-refractivity contribution >= 4 is 5.91 Å². The van der Waals surface area contributed by atoms with E-state index >= 15 is 0 Å². The Kier molecular flexibility index (Phi) is 11.9. The first-order valence-corrected chi connectivity index (χ1v) is 13.3. The number of hydrogen-bond donors (Lipinski definition) is 1. The van der Waals surface area contributed by atoms with Gasteiger partial charge in [0.25, 0.3) is 0 Å². The summed E-state index contributed by atoms with van der Waals surface area (Å²) in [7, 11) is 0. The summed E-state index contributed by atoms with van der Waals surface area (Å²) in [5, 5.41) is 3.27. The molecule has 1 unspecified atom stereocenters. The van der Waals surface area contributed by atoms with Crippen molar-refractivity contribution < 1.29 is 9.53 Å². The summed E-state index contributed by atoms with van der Waals surface area (Å²) in [6.07, 6.45) is 11.3. The Morgan fingerprint density at radius 3 is 2.06 bits per heavy atom. The zero-order chi connectivity index (χ0) is 24.6. The fraction of sp³-hybridized carbons (Fsp3) is 0.406. The second-order valence-electron chi connectivity index (χ2n) is 9.33. The molecule has 0 heterocycles. The number of rotatable bonds is 16. The minimum atomic E-state index is -0.0727. The van der Waals surface area contributed by atoms with Gasteiger partial charge in [0.1, 0.15) is 5.75 Å². The van der Waals surface area contributed by atoms with Crippen LogP contribution in [0.5, 0.6) is 5.75 Å². The number of ether oxygens (including phenoxy) is 1. The molecule has 0 aliphatic heterocycles. The van der Waals surface area contributed by atoms with Gasteiger partial charge in [-0.15, -0.1) is 0 Å². The van der Waals surface area contributed by atoms with Crippen molar-refractivity contribution in [3.05, 3.63) is 102 Å². The largest absolute Gasteiger partial charge is 0.493 e. The highest BCUT2D eigenvalue weighted by Crippen LogP contribution is 2.22. The van der Waals surface area contributed by atoms with Gasteiger partial charge in [-0.1, -0.05) is 131 Å². The normalized spacial score (nSPS) is 11.7. The first kappa shape index (κ1) is 26.5. The van der Waals surface area contributed by atoms with Crippen LogP contribution >= 0.6 is 0 Å². The molecule has 3 rings (SSSR count). The smallest absolute Gasteiger partial charge is 0.225 e. The lowest BCUT2D eigenvalue weighted by atomic mass is 9.98. The van der Waals surface area contributed by atoms with E-state index in [0.717, 1.165) is 29.7 Å². The number of carbonyl (C=O) groups excluding carboxylic acids is 1. The van der Waals surface area contributed by atoms with E-state index in [0.29, 0.717) is 13.0 Å². The lowest BCUT2D eigenvalue weighted by molar-refractivity contribution is -0.121. The average molecular weight is 472 g/mol. The molecule has 0 saturated heterocycles. The van der Waals surface area contributed by atoms with E-state index in [1.165, 1.54) is 50.5 Å². The van der Waals surface area contributed by atoms with E-state index in [1.807, 2.05) is 60.7 Å². The Bertz CT molecular complexity index is 971. The first-order chi connectivity index (χ1) is 17.3. The van der Waals surface area contributed by atoms with Gasteiger partial charge in [-0.2, -0.15) is 0 Å². The van der Waals surface area contributed by atoms with Crippen LogP contribution in [0.3, 0.4) is 0 Å². The summed E-state index contributed by atoms with van der Waals surface area (Å²) in [4.78, 5) is 13.1. The zero-order valence-electron chi connectivity index (χ0n) is 21.3. The van der Waals surface area contributed by atoms with Gasteiger partial charge in [0.15, 0.2) is 0 Å². The second kappa shape index (κ2) is 15.8. The third kappa shape index (κ3) is 9.98. The lowest BCUT2D eigenvalue weighted by Gasteiger charge is -2.20. The van der Waals surface area contributed by atoms with E-state index in [9.17, 15) is 4.79 Å². The molecule has 0 aliphatic rings. The fourth-order valence-electron chi connectivity index (χ4n) is 4.41. The standard InChI is InChI=1S/C32H41NO2/c1-2-3-4-5-6-7-8-17-24-35-31-23-16-15-22-29(31)26-32(34)33-30(28-20-13-10-14-21-28)25-27-18-11-9-12-19-27/h9-16,18-23,30H,2-8,17,24-26H2,1H3,(H,33,34). The second-order valence-corrected chi connectivity index (χ2v) is 9.33. The minimum absolute atomic E-state index is 0.0120. The topological polar surface area (TPSA) is 38.3 Å². The quantitative estimate of drug-likeness (QED) is 0.216. The van der Waals surface area contributed by atoms with Gasteiger partial charge in [-0.3, -0.25) is 4.79 Å². The molecule has 3 aromatic carbocycles. The van der Waals surface area contributed by atoms with Crippen molar-refractivity contribution in [3.63, 3.8) is 0 Å². The molecule has 3 nitrogen and oxygen atoms in total. The molecule has 0 bridgehead atoms. The van der Waals surface area contributed by atoms with Gasteiger partial charge >= 0.3 is 0 Å². The van der Waals surface area contributed by atoms with Gasteiger partial charge < -0.3 is 10.1 Å². The van der Waals surface area contributed by atoms with Crippen molar-refractivity contribution in [2.75, 3.05) is 6.61 Å². The molecule has 1 N–H and O–H groups in total. The molecule has 1 amide bonds. The summed E-state index contributed by atoms with van der Waals surface area (Å²) in [5.74, 6) is 0.836. The van der Waals surface area contributed by atoms with Crippen molar-refractivity contribution in [2.24, 2.45) is 0 Å². The molecule has 186 valence electrons. The Labute approximate surface area is 211 Å². The molecule has 0 spiro atoms. The molecule has 0 aromatic heterocycles. The third-order valence-corrected chi connectivity index (χ3v) is 6.40. The summed E-state index contributed by atoms with van der Waals surface area (Å²) >= 11 is 0. The van der Waals surface area contributed by atoms with Gasteiger partial charge in [0.2, 0.25) is 5.91 Å². The lowest BCUT2D eigenvalue weighted by Crippen LogP contribution is -2.31. The van der Waals surface area contributed by atoms with Gasteiger partial charge in [0, 0.05) is 5.56 Å². The van der Waals surface area contributed by atoms with E-state index in [-0.39, 0.29) is 11.9 Å². The Hall–Kier alpha value is -3.07. The van der Waals surface area contributed by atoms with Gasteiger partial charge in [0.05, 0.1) is 19.1 Å². The molecule has 0 saturated carbocycles. The molecule has 0 aliphatic carbocycles. The van der Waals surface area contributed by atoms with Crippen LogP contribution in [0.25, 0.3) is 0 Å². The van der Waals surface area contributed by atoms with Gasteiger partial charge in [-0.25, -0.2) is 0 Å². The third-order valence-electron chi connectivity index (χ3n) is 6.40. The number of carbonyl (C=O) groups is 1. The van der Waals surface area contributed by atoms with Crippen LogP contribution in [0, 0.1) is 0 Å². The van der Waals surface area contributed by atoms with Crippen LogP contribution in [0.1, 0.15) is 81.0 Å². The van der Waals surface area contributed by atoms with E-state index in [1.54, 1.807) is 0 Å². The van der Waals surface area contributed by atoms with E-state index < -0.39 is 0 Å². The predicted molar refractivity (Wildman–Crippen MR) is 146 cm³/mol. The van der Waals surface area contributed by atoms with Crippen LogP contribution in [-0.2, 0) is 17.6 Å². The molecule has 0 radical (unpaired) electrons. The summed E-state index contributed by atoms with van der Waals surface area (Å²) < 4.78 is 6.09. The monoisotopic (exact) mass is 471 g/mol. The zero-order valence-corrected chi connectivity index (χ0v) is 21.3.